The summed E-state index contributed by atoms with van der Waals surface area (Å²) in [4.78, 5) is 15.8. The first-order valence-electron chi connectivity index (χ1n) is 7.32. The lowest BCUT2D eigenvalue weighted by Gasteiger charge is -2.24. The van der Waals surface area contributed by atoms with Crippen LogP contribution in [0.3, 0.4) is 0 Å². The average Bonchev–Trinajstić information content (AvgIpc) is 3.00. The van der Waals surface area contributed by atoms with Crippen molar-refractivity contribution in [1.29, 1.82) is 0 Å². The Labute approximate surface area is 140 Å². The largest absolute Gasteiger partial charge is 0.573 e. The summed E-state index contributed by atoms with van der Waals surface area (Å²) in [7, 11) is 0. The smallest absolute Gasteiger partial charge is 0.461 e. The number of alkyl halides is 3. The van der Waals surface area contributed by atoms with E-state index in [1.165, 1.54) is 24.3 Å². The van der Waals surface area contributed by atoms with Crippen molar-refractivity contribution in [3.05, 3.63) is 42.2 Å². The number of hydrogen-bond acceptors (Lipinski definition) is 5. The van der Waals surface area contributed by atoms with Gasteiger partial charge in [-0.05, 0) is 17.7 Å². The molecular formula is C15H14F3N3O4. The summed E-state index contributed by atoms with van der Waals surface area (Å²) in [6.07, 6.45) is -2.53. The highest BCUT2D eigenvalue weighted by Gasteiger charge is 2.31. The number of carbonyl (C=O) groups is 1. The molecule has 0 saturated heterocycles. The number of benzene rings is 1. The number of aromatic nitrogens is 2. The number of hydrogen-bond donors (Lipinski definition) is 1. The lowest BCUT2D eigenvalue weighted by atomic mass is 10.2. The highest BCUT2D eigenvalue weighted by molar-refractivity contribution is 5.67. The van der Waals surface area contributed by atoms with E-state index in [2.05, 4.69) is 15.0 Å². The molecule has 1 aromatic heterocycles. The van der Waals surface area contributed by atoms with Gasteiger partial charge in [-0.3, -0.25) is 4.57 Å². The number of nitrogens with zero attached hydrogens (tertiary/aromatic N) is 2. The normalized spacial score (nSPS) is 16.5. The van der Waals surface area contributed by atoms with Crippen LogP contribution in [0.25, 0.3) is 0 Å². The molecule has 1 atom stereocenters. The van der Waals surface area contributed by atoms with Gasteiger partial charge in [0.2, 0.25) is 0 Å². The zero-order valence-electron chi connectivity index (χ0n) is 12.8. The number of carbonyl (C=O) groups excluding carboxylic acids is 1. The molecular weight excluding hydrogens is 343 g/mol. The van der Waals surface area contributed by atoms with Crippen molar-refractivity contribution >= 4 is 6.09 Å². The van der Waals surface area contributed by atoms with Crippen molar-refractivity contribution in [2.45, 2.75) is 25.6 Å². The van der Waals surface area contributed by atoms with Crippen LogP contribution in [0.2, 0.25) is 0 Å². The predicted molar refractivity (Wildman–Crippen MR) is 78.0 cm³/mol. The van der Waals surface area contributed by atoms with Crippen molar-refractivity contribution < 1.29 is 32.2 Å². The molecule has 0 bridgehead atoms. The van der Waals surface area contributed by atoms with E-state index in [0.717, 1.165) is 0 Å². The molecule has 0 aliphatic carbocycles. The highest BCUT2D eigenvalue weighted by atomic mass is 19.4. The van der Waals surface area contributed by atoms with Gasteiger partial charge < -0.3 is 19.5 Å². The summed E-state index contributed by atoms with van der Waals surface area (Å²) >= 11 is 0. The van der Waals surface area contributed by atoms with E-state index in [1.807, 2.05) is 0 Å². The Bertz CT molecular complexity index is 730. The number of amides is 1. The topological polar surface area (TPSA) is 74.6 Å². The van der Waals surface area contributed by atoms with Gasteiger partial charge in [-0.15, -0.1) is 13.2 Å². The van der Waals surface area contributed by atoms with Crippen molar-refractivity contribution in [1.82, 2.24) is 14.9 Å². The van der Waals surface area contributed by atoms with Crippen LogP contribution in [-0.4, -0.2) is 34.7 Å². The second kappa shape index (κ2) is 6.91. The fourth-order valence-electron chi connectivity index (χ4n) is 2.26. The van der Waals surface area contributed by atoms with Gasteiger partial charge in [0.25, 0.3) is 6.01 Å². The van der Waals surface area contributed by atoms with Crippen LogP contribution in [0.5, 0.6) is 11.8 Å². The maximum atomic E-state index is 12.1. The maximum absolute atomic E-state index is 12.1. The number of fused-ring (bicyclic) bond motifs is 1. The van der Waals surface area contributed by atoms with E-state index in [1.54, 1.807) is 17.0 Å². The molecule has 1 N–H and O–H groups in total. The first-order chi connectivity index (χ1) is 11.9. The van der Waals surface area contributed by atoms with Gasteiger partial charge in [0.1, 0.15) is 12.4 Å². The molecule has 7 nitrogen and oxygen atoms in total. The summed E-state index contributed by atoms with van der Waals surface area (Å²) in [6, 6.07) is 5.66. The molecule has 1 unspecified atom stereocenters. The first-order valence-corrected chi connectivity index (χ1v) is 7.32. The SMILES string of the molecule is O=C(NCc1ccc(OC(F)(F)F)cc1)OC1COc2nccn2C1. The molecule has 2 aromatic rings. The Morgan fingerprint density at radius 3 is 2.84 bits per heavy atom. The Morgan fingerprint density at radius 1 is 1.36 bits per heavy atom. The van der Waals surface area contributed by atoms with Crippen LogP contribution >= 0.6 is 0 Å². The van der Waals surface area contributed by atoms with Gasteiger partial charge in [-0.25, -0.2) is 9.78 Å². The molecule has 0 saturated carbocycles. The Morgan fingerprint density at radius 2 is 2.12 bits per heavy atom. The van der Waals surface area contributed by atoms with Gasteiger partial charge in [0, 0.05) is 18.9 Å². The molecule has 1 aliphatic heterocycles. The van der Waals surface area contributed by atoms with Crippen LogP contribution in [0.1, 0.15) is 5.56 Å². The van der Waals surface area contributed by atoms with Crippen molar-refractivity contribution in [3.8, 4) is 11.8 Å². The van der Waals surface area contributed by atoms with Crippen molar-refractivity contribution in [2.75, 3.05) is 6.61 Å². The number of imidazole rings is 1. The Hall–Kier alpha value is -2.91. The molecule has 10 heteroatoms. The standard InChI is InChI=1S/C15H14F3N3O4/c16-15(17,18)25-11-3-1-10(2-4-11)7-20-14(22)24-12-8-21-6-5-19-13(21)23-9-12/h1-6,12H,7-9H2,(H,20,22). The Kier molecular flexibility index (Phi) is 4.68. The van der Waals surface area contributed by atoms with Crippen LogP contribution in [0, 0.1) is 0 Å². The van der Waals surface area contributed by atoms with Crippen LogP contribution in [-0.2, 0) is 17.8 Å². The van der Waals surface area contributed by atoms with Crippen LogP contribution in [0.4, 0.5) is 18.0 Å². The summed E-state index contributed by atoms with van der Waals surface area (Å²) in [5.74, 6) is -0.325. The van der Waals surface area contributed by atoms with Gasteiger partial charge in [0.15, 0.2) is 6.10 Å². The van der Waals surface area contributed by atoms with E-state index in [0.29, 0.717) is 18.1 Å². The third kappa shape index (κ3) is 4.78. The first kappa shape index (κ1) is 16.9. The maximum Gasteiger partial charge on any atom is 0.573 e. The van der Waals surface area contributed by atoms with E-state index in [4.69, 9.17) is 9.47 Å². The van der Waals surface area contributed by atoms with E-state index in [-0.39, 0.29) is 18.9 Å². The molecule has 25 heavy (non-hydrogen) atoms. The molecule has 1 aliphatic rings. The number of nitrogens with one attached hydrogen (secondary N) is 1. The molecule has 2 heterocycles. The minimum Gasteiger partial charge on any atom is -0.461 e. The number of ether oxygens (including phenoxy) is 3. The third-order valence-electron chi connectivity index (χ3n) is 3.34. The van der Waals surface area contributed by atoms with Gasteiger partial charge >= 0.3 is 12.5 Å². The Balaban J connectivity index is 1.45. The number of alkyl carbamates (subject to hydrolysis) is 1. The van der Waals surface area contributed by atoms with E-state index < -0.39 is 18.6 Å². The second-order valence-electron chi connectivity index (χ2n) is 5.25. The van der Waals surface area contributed by atoms with E-state index in [9.17, 15) is 18.0 Å². The lowest BCUT2D eigenvalue weighted by Crippen LogP contribution is -2.37. The average molecular weight is 357 g/mol. The summed E-state index contributed by atoms with van der Waals surface area (Å²) in [5.41, 5.74) is 0.600. The molecule has 1 amide bonds. The molecule has 3 rings (SSSR count). The quantitative estimate of drug-likeness (QED) is 0.910. The van der Waals surface area contributed by atoms with E-state index >= 15 is 0 Å². The molecule has 1 aromatic carbocycles. The predicted octanol–water partition coefficient (Wildman–Crippen LogP) is 2.47. The van der Waals surface area contributed by atoms with Crippen LogP contribution in [0.15, 0.2) is 36.7 Å². The lowest BCUT2D eigenvalue weighted by molar-refractivity contribution is -0.274. The molecule has 0 radical (unpaired) electrons. The van der Waals surface area contributed by atoms with Gasteiger partial charge in [-0.2, -0.15) is 0 Å². The van der Waals surface area contributed by atoms with Gasteiger partial charge in [0.05, 0.1) is 6.54 Å². The van der Waals surface area contributed by atoms with Crippen LogP contribution < -0.4 is 14.8 Å². The zero-order valence-corrected chi connectivity index (χ0v) is 12.8. The fraction of sp³-hybridized carbons (Fsp3) is 0.333. The summed E-state index contributed by atoms with van der Waals surface area (Å²) in [6.45, 7) is 0.745. The monoisotopic (exact) mass is 357 g/mol. The minimum absolute atomic E-state index is 0.106. The number of halogens is 3. The van der Waals surface area contributed by atoms with Crippen molar-refractivity contribution in [3.63, 3.8) is 0 Å². The number of rotatable bonds is 4. The zero-order chi connectivity index (χ0) is 17.9. The summed E-state index contributed by atoms with van der Waals surface area (Å²) in [5, 5.41) is 2.53. The molecule has 0 fully saturated rings. The third-order valence-corrected chi connectivity index (χ3v) is 3.34. The van der Waals surface area contributed by atoms with Crippen molar-refractivity contribution in [2.24, 2.45) is 0 Å². The second-order valence-corrected chi connectivity index (χ2v) is 5.25. The molecule has 134 valence electrons. The van der Waals surface area contributed by atoms with Gasteiger partial charge in [-0.1, -0.05) is 12.1 Å². The summed E-state index contributed by atoms with van der Waals surface area (Å²) < 4.78 is 52.3. The minimum atomic E-state index is -4.74. The fourth-order valence-corrected chi connectivity index (χ4v) is 2.26. The highest BCUT2D eigenvalue weighted by Crippen LogP contribution is 2.22. The molecule has 0 spiro atoms.